The number of rotatable bonds is 7. The van der Waals surface area contributed by atoms with Crippen molar-refractivity contribution in [2.75, 3.05) is 0 Å². The van der Waals surface area contributed by atoms with Crippen molar-refractivity contribution < 1.29 is 34.4 Å². The highest BCUT2D eigenvalue weighted by molar-refractivity contribution is 7.11. The Kier molecular flexibility index (Phi) is 4.27. The van der Waals surface area contributed by atoms with Gasteiger partial charge < -0.3 is 20.1 Å². The van der Waals surface area contributed by atoms with E-state index in [-0.39, 0.29) is 5.06 Å². The highest BCUT2D eigenvalue weighted by Crippen LogP contribution is 2.29. The summed E-state index contributed by atoms with van der Waals surface area (Å²) in [7, 11) is 0. The zero-order chi connectivity index (χ0) is 13.8. The lowest BCUT2D eigenvalue weighted by Crippen LogP contribution is -2.48. The van der Waals surface area contributed by atoms with Gasteiger partial charge in [-0.2, -0.15) is 0 Å². The third-order valence-electron chi connectivity index (χ3n) is 2.05. The number of hydrogen-bond donors (Lipinski definition) is 3. The van der Waals surface area contributed by atoms with Crippen LogP contribution in [-0.4, -0.2) is 38.8 Å². The Morgan fingerprint density at radius 1 is 1.17 bits per heavy atom. The molecule has 0 spiro atoms. The molecule has 0 amide bonds. The normalized spacial score (nSPS) is 10.9. The molecule has 0 aliphatic carbocycles. The topological polar surface area (TPSA) is 121 Å². The van der Waals surface area contributed by atoms with Gasteiger partial charge in [-0.1, -0.05) is 0 Å². The summed E-state index contributed by atoms with van der Waals surface area (Å²) >= 11 is 1.05. The molecular formula is C10H10O7S. The molecule has 0 saturated carbocycles. The van der Waals surface area contributed by atoms with Crippen molar-refractivity contribution in [3.8, 4) is 5.06 Å². The lowest BCUT2D eigenvalue weighted by atomic mass is 9.95. The van der Waals surface area contributed by atoms with Crippen LogP contribution in [0, 0.1) is 0 Å². The van der Waals surface area contributed by atoms with Crippen LogP contribution in [0.5, 0.6) is 5.06 Å². The number of thiophene rings is 1. The Bertz CT molecular complexity index is 435. The largest absolute Gasteiger partial charge is 0.481 e. The fraction of sp³-hybridized carbons (Fsp3) is 0.300. The summed E-state index contributed by atoms with van der Waals surface area (Å²) in [4.78, 5) is 32.6. The van der Waals surface area contributed by atoms with Gasteiger partial charge in [-0.15, -0.1) is 11.3 Å². The molecule has 0 fully saturated rings. The predicted octanol–water partition coefficient (Wildman–Crippen LogP) is 0.900. The highest BCUT2D eigenvalue weighted by atomic mass is 32.1. The third-order valence-corrected chi connectivity index (χ3v) is 2.80. The summed E-state index contributed by atoms with van der Waals surface area (Å²) in [5.74, 6) is -4.52. The van der Waals surface area contributed by atoms with Crippen LogP contribution in [0.4, 0.5) is 0 Å². The van der Waals surface area contributed by atoms with Gasteiger partial charge in [-0.05, 0) is 17.5 Å². The number of carboxylic acids is 3. The Hall–Kier alpha value is -2.09. The molecule has 1 aromatic rings. The molecule has 0 saturated heterocycles. The molecule has 0 radical (unpaired) electrons. The highest BCUT2D eigenvalue weighted by Gasteiger charge is 2.46. The maximum absolute atomic E-state index is 11.2. The van der Waals surface area contributed by atoms with E-state index in [2.05, 4.69) is 0 Å². The van der Waals surface area contributed by atoms with Gasteiger partial charge in [0, 0.05) is 0 Å². The first-order valence-electron chi connectivity index (χ1n) is 4.75. The number of aliphatic carboxylic acids is 3. The molecule has 0 aromatic carbocycles. The van der Waals surface area contributed by atoms with Crippen LogP contribution in [0.3, 0.4) is 0 Å². The number of ether oxygens (including phenoxy) is 1. The molecule has 0 bridgehead atoms. The number of carboxylic acid groups (broad SMARTS) is 3. The van der Waals surface area contributed by atoms with E-state index in [9.17, 15) is 14.4 Å². The minimum absolute atomic E-state index is 0.153. The van der Waals surface area contributed by atoms with Gasteiger partial charge in [0.15, 0.2) is 5.06 Å². The SMILES string of the molecule is O=C(O)CC(CC(=O)O)(Oc1cccs1)C(=O)O. The van der Waals surface area contributed by atoms with Crippen LogP contribution in [0.1, 0.15) is 12.8 Å². The van der Waals surface area contributed by atoms with Crippen LogP contribution >= 0.6 is 11.3 Å². The smallest absolute Gasteiger partial charge is 0.349 e. The van der Waals surface area contributed by atoms with Gasteiger partial charge >= 0.3 is 17.9 Å². The van der Waals surface area contributed by atoms with Gasteiger partial charge in [-0.25, -0.2) is 4.79 Å². The minimum Gasteiger partial charge on any atom is -0.481 e. The maximum atomic E-state index is 11.2. The van der Waals surface area contributed by atoms with Gasteiger partial charge in [0.25, 0.3) is 0 Å². The van der Waals surface area contributed by atoms with Crippen molar-refractivity contribution in [1.82, 2.24) is 0 Å². The van der Waals surface area contributed by atoms with E-state index < -0.39 is 36.4 Å². The molecule has 18 heavy (non-hydrogen) atoms. The standard InChI is InChI=1S/C10H10O7S/c11-6(12)4-10(9(15)16,5-7(13)14)17-8-2-1-3-18-8/h1-3H,4-5H2,(H,11,12)(H,13,14)(H,15,16). The average Bonchev–Trinajstić information content (AvgIpc) is 2.67. The van der Waals surface area contributed by atoms with E-state index in [4.69, 9.17) is 20.1 Å². The van der Waals surface area contributed by atoms with Gasteiger partial charge in [0.2, 0.25) is 5.60 Å². The van der Waals surface area contributed by atoms with E-state index in [1.165, 1.54) is 6.07 Å². The Balaban J connectivity index is 3.06. The third kappa shape index (κ3) is 3.45. The van der Waals surface area contributed by atoms with E-state index in [0.717, 1.165) is 11.3 Å². The molecule has 3 N–H and O–H groups in total. The van der Waals surface area contributed by atoms with Crippen LogP contribution in [0.15, 0.2) is 17.5 Å². The fourth-order valence-corrected chi connectivity index (χ4v) is 1.99. The van der Waals surface area contributed by atoms with Crippen LogP contribution in [0.2, 0.25) is 0 Å². The van der Waals surface area contributed by atoms with Gasteiger partial charge in [-0.3, -0.25) is 9.59 Å². The second kappa shape index (κ2) is 5.50. The molecule has 98 valence electrons. The Labute approximate surface area is 105 Å². The predicted molar refractivity (Wildman–Crippen MR) is 59.8 cm³/mol. The van der Waals surface area contributed by atoms with Crippen LogP contribution in [0.25, 0.3) is 0 Å². The first-order chi connectivity index (χ1) is 8.35. The number of hydrogen-bond acceptors (Lipinski definition) is 5. The second-order valence-corrected chi connectivity index (χ2v) is 4.38. The van der Waals surface area contributed by atoms with Crippen molar-refractivity contribution in [1.29, 1.82) is 0 Å². The molecular weight excluding hydrogens is 264 g/mol. The quantitative estimate of drug-likeness (QED) is 0.675. The van der Waals surface area contributed by atoms with E-state index >= 15 is 0 Å². The lowest BCUT2D eigenvalue weighted by molar-refractivity contribution is -0.167. The van der Waals surface area contributed by atoms with E-state index in [1.807, 2.05) is 0 Å². The molecule has 8 heteroatoms. The molecule has 0 unspecified atom stereocenters. The maximum Gasteiger partial charge on any atom is 0.349 e. The Morgan fingerprint density at radius 2 is 1.72 bits per heavy atom. The van der Waals surface area contributed by atoms with Gasteiger partial charge in [0.1, 0.15) is 0 Å². The van der Waals surface area contributed by atoms with Crippen molar-refractivity contribution in [3.63, 3.8) is 0 Å². The second-order valence-electron chi connectivity index (χ2n) is 3.47. The average molecular weight is 274 g/mol. The summed E-state index contributed by atoms with van der Waals surface area (Å²) < 4.78 is 5.08. The summed E-state index contributed by atoms with van der Waals surface area (Å²) in [5.41, 5.74) is -2.30. The van der Waals surface area contributed by atoms with E-state index in [0.29, 0.717) is 0 Å². The van der Waals surface area contributed by atoms with Crippen molar-refractivity contribution in [2.24, 2.45) is 0 Å². The zero-order valence-corrected chi connectivity index (χ0v) is 9.85. The van der Waals surface area contributed by atoms with Crippen molar-refractivity contribution >= 4 is 29.2 Å². The minimum atomic E-state index is -2.30. The molecule has 1 heterocycles. The van der Waals surface area contributed by atoms with Crippen LogP contribution in [-0.2, 0) is 14.4 Å². The molecule has 7 nitrogen and oxygen atoms in total. The summed E-state index contributed by atoms with van der Waals surface area (Å²) in [6.07, 6.45) is -1.88. The zero-order valence-electron chi connectivity index (χ0n) is 9.03. The summed E-state index contributed by atoms with van der Waals surface area (Å²) in [6, 6.07) is 3.01. The lowest BCUT2D eigenvalue weighted by Gasteiger charge is -2.26. The molecule has 0 aliphatic heterocycles. The molecule has 0 atom stereocenters. The molecule has 1 rings (SSSR count). The summed E-state index contributed by atoms with van der Waals surface area (Å²) in [5, 5.41) is 28.2. The molecule has 1 aromatic heterocycles. The monoisotopic (exact) mass is 274 g/mol. The van der Waals surface area contributed by atoms with E-state index in [1.54, 1.807) is 11.4 Å². The first-order valence-corrected chi connectivity index (χ1v) is 5.63. The van der Waals surface area contributed by atoms with Crippen LogP contribution < -0.4 is 4.74 Å². The summed E-state index contributed by atoms with van der Waals surface area (Å²) in [6.45, 7) is 0. The van der Waals surface area contributed by atoms with Crippen molar-refractivity contribution in [3.05, 3.63) is 17.5 Å². The van der Waals surface area contributed by atoms with Gasteiger partial charge in [0.05, 0.1) is 12.8 Å². The fourth-order valence-electron chi connectivity index (χ4n) is 1.33. The Morgan fingerprint density at radius 3 is 2.06 bits per heavy atom. The number of carbonyl (C=O) groups is 3. The first kappa shape index (κ1) is 14.0. The van der Waals surface area contributed by atoms with Crippen molar-refractivity contribution in [2.45, 2.75) is 18.4 Å². The molecule has 0 aliphatic rings.